The summed E-state index contributed by atoms with van der Waals surface area (Å²) >= 11 is 0. The zero-order valence-electron chi connectivity index (χ0n) is 9.11. The molecule has 17 heavy (non-hydrogen) atoms. The molecule has 0 spiro atoms. The van der Waals surface area contributed by atoms with Gasteiger partial charge in [0.25, 0.3) is 0 Å². The molecule has 0 atom stereocenters. The maximum atomic E-state index is 13.4. The van der Waals surface area contributed by atoms with E-state index in [0.717, 1.165) is 24.6 Å². The van der Waals surface area contributed by atoms with E-state index in [1.807, 2.05) is 6.20 Å². The van der Waals surface area contributed by atoms with E-state index >= 15 is 0 Å². The van der Waals surface area contributed by atoms with Crippen LogP contribution in [0, 0.1) is 11.6 Å². The highest BCUT2D eigenvalue weighted by molar-refractivity contribution is 5.19. The van der Waals surface area contributed by atoms with Crippen LogP contribution in [0.4, 0.5) is 8.78 Å². The summed E-state index contributed by atoms with van der Waals surface area (Å²) in [7, 11) is 0. The van der Waals surface area contributed by atoms with Gasteiger partial charge in [-0.3, -0.25) is 0 Å². The van der Waals surface area contributed by atoms with Gasteiger partial charge in [-0.05, 0) is 18.9 Å². The molecule has 3 nitrogen and oxygen atoms in total. The van der Waals surface area contributed by atoms with Crippen molar-refractivity contribution < 1.29 is 8.78 Å². The molecule has 1 fully saturated rings. The Morgan fingerprint density at radius 1 is 1.29 bits per heavy atom. The molecule has 0 N–H and O–H groups in total. The first-order chi connectivity index (χ1) is 8.22. The molecule has 2 aromatic rings. The van der Waals surface area contributed by atoms with E-state index in [0.29, 0.717) is 11.5 Å². The van der Waals surface area contributed by atoms with E-state index in [1.54, 1.807) is 4.68 Å². The third kappa shape index (κ3) is 2.18. The molecule has 0 saturated heterocycles. The van der Waals surface area contributed by atoms with Crippen molar-refractivity contribution in [3.8, 4) is 0 Å². The molecule has 0 unspecified atom stereocenters. The Morgan fingerprint density at radius 2 is 2.12 bits per heavy atom. The van der Waals surface area contributed by atoms with Gasteiger partial charge in [0.05, 0.1) is 12.2 Å². The van der Waals surface area contributed by atoms with E-state index < -0.39 is 11.6 Å². The van der Waals surface area contributed by atoms with Gasteiger partial charge in [-0.2, -0.15) is 0 Å². The highest BCUT2D eigenvalue weighted by Crippen LogP contribution is 2.38. The monoisotopic (exact) mass is 235 g/mol. The summed E-state index contributed by atoms with van der Waals surface area (Å²) in [6.45, 7) is 0.284. The summed E-state index contributed by atoms with van der Waals surface area (Å²) in [4.78, 5) is 0. The van der Waals surface area contributed by atoms with Gasteiger partial charge in [0.1, 0.15) is 11.6 Å². The lowest BCUT2D eigenvalue weighted by molar-refractivity contribution is 0.554. The van der Waals surface area contributed by atoms with Gasteiger partial charge >= 0.3 is 0 Å². The molecule has 0 radical (unpaired) electrons. The highest BCUT2D eigenvalue weighted by atomic mass is 19.1. The minimum Gasteiger partial charge on any atom is -0.248 e. The lowest BCUT2D eigenvalue weighted by Crippen LogP contribution is -2.03. The fourth-order valence-electron chi connectivity index (χ4n) is 1.78. The predicted molar refractivity (Wildman–Crippen MR) is 57.5 cm³/mol. The molecular weight excluding hydrogens is 224 g/mol. The van der Waals surface area contributed by atoms with E-state index in [2.05, 4.69) is 10.3 Å². The average Bonchev–Trinajstić information content (AvgIpc) is 3.04. The number of aromatic nitrogens is 3. The molecule has 1 aromatic carbocycles. The zero-order chi connectivity index (χ0) is 11.8. The second-order valence-corrected chi connectivity index (χ2v) is 4.35. The normalized spacial score (nSPS) is 15.2. The van der Waals surface area contributed by atoms with Gasteiger partial charge in [-0.1, -0.05) is 11.3 Å². The van der Waals surface area contributed by atoms with Crippen LogP contribution in [-0.4, -0.2) is 15.0 Å². The van der Waals surface area contributed by atoms with E-state index in [4.69, 9.17) is 0 Å². The van der Waals surface area contributed by atoms with Gasteiger partial charge in [0.15, 0.2) is 0 Å². The molecule has 5 heteroatoms. The van der Waals surface area contributed by atoms with Gasteiger partial charge < -0.3 is 0 Å². The molecule has 1 saturated carbocycles. The van der Waals surface area contributed by atoms with Crippen molar-refractivity contribution in [1.29, 1.82) is 0 Å². The van der Waals surface area contributed by atoms with Crippen molar-refractivity contribution in [3.05, 3.63) is 47.3 Å². The van der Waals surface area contributed by atoms with Gasteiger partial charge in [-0.15, -0.1) is 5.10 Å². The number of hydrogen-bond acceptors (Lipinski definition) is 2. The molecular formula is C12H11F2N3. The number of benzene rings is 1. The van der Waals surface area contributed by atoms with Crippen LogP contribution < -0.4 is 0 Å². The zero-order valence-corrected chi connectivity index (χ0v) is 9.11. The smallest absolute Gasteiger partial charge is 0.131 e. The van der Waals surface area contributed by atoms with Crippen molar-refractivity contribution >= 4 is 0 Å². The van der Waals surface area contributed by atoms with Crippen LogP contribution in [-0.2, 0) is 6.54 Å². The molecule has 0 bridgehead atoms. The van der Waals surface area contributed by atoms with Crippen molar-refractivity contribution in [2.45, 2.75) is 25.3 Å². The molecule has 3 rings (SSSR count). The summed E-state index contributed by atoms with van der Waals surface area (Å²) in [5.41, 5.74) is 1.38. The van der Waals surface area contributed by atoms with E-state index in [9.17, 15) is 8.78 Å². The molecule has 1 aliphatic carbocycles. The van der Waals surface area contributed by atoms with Crippen LogP contribution in [0.1, 0.15) is 30.0 Å². The predicted octanol–water partition coefficient (Wildman–Crippen LogP) is 2.48. The van der Waals surface area contributed by atoms with E-state index in [1.165, 1.54) is 12.1 Å². The largest absolute Gasteiger partial charge is 0.248 e. The SMILES string of the molecule is Fc1ccc(Cn2cc(C3CC3)nn2)c(F)c1. The van der Waals surface area contributed by atoms with Gasteiger partial charge in [0, 0.05) is 23.7 Å². The minimum atomic E-state index is -0.566. The Balaban J connectivity index is 1.80. The van der Waals surface area contributed by atoms with Crippen molar-refractivity contribution in [1.82, 2.24) is 15.0 Å². The Labute approximate surface area is 97.1 Å². The van der Waals surface area contributed by atoms with Gasteiger partial charge in [0.2, 0.25) is 0 Å². The second kappa shape index (κ2) is 3.91. The third-order valence-corrected chi connectivity index (χ3v) is 2.90. The third-order valence-electron chi connectivity index (χ3n) is 2.90. The topological polar surface area (TPSA) is 30.7 Å². The van der Waals surface area contributed by atoms with Crippen molar-refractivity contribution in [3.63, 3.8) is 0 Å². The van der Waals surface area contributed by atoms with Crippen LogP contribution >= 0.6 is 0 Å². The lowest BCUT2D eigenvalue weighted by atomic mass is 10.2. The fourth-order valence-corrected chi connectivity index (χ4v) is 1.78. The summed E-state index contributed by atoms with van der Waals surface area (Å²) in [5, 5.41) is 7.98. The first kappa shape index (κ1) is 10.4. The summed E-state index contributed by atoms with van der Waals surface area (Å²) in [5.74, 6) is -0.584. The number of hydrogen-bond donors (Lipinski definition) is 0. The molecule has 0 aliphatic heterocycles. The summed E-state index contributed by atoms with van der Waals surface area (Å²) in [6.07, 6.45) is 4.15. The van der Waals surface area contributed by atoms with Crippen LogP contribution in [0.2, 0.25) is 0 Å². The van der Waals surface area contributed by atoms with Crippen LogP contribution in [0.5, 0.6) is 0 Å². The summed E-state index contributed by atoms with van der Waals surface area (Å²) < 4.78 is 27.7. The van der Waals surface area contributed by atoms with Crippen molar-refractivity contribution in [2.24, 2.45) is 0 Å². The van der Waals surface area contributed by atoms with Crippen LogP contribution in [0.15, 0.2) is 24.4 Å². The van der Waals surface area contributed by atoms with Crippen molar-refractivity contribution in [2.75, 3.05) is 0 Å². The first-order valence-electron chi connectivity index (χ1n) is 5.56. The first-order valence-corrected chi connectivity index (χ1v) is 5.56. The maximum Gasteiger partial charge on any atom is 0.131 e. The average molecular weight is 235 g/mol. The number of nitrogens with zero attached hydrogens (tertiary/aromatic N) is 3. The lowest BCUT2D eigenvalue weighted by Gasteiger charge is -2.02. The fraction of sp³-hybridized carbons (Fsp3) is 0.333. The number of rotatable bonds is 3. The molecule has 1 heterocycles. The molecule has 1 aromatic heterocycles. The molecule has 0 amide bonds. The second-order valence-electron chi connectivity index (χ2n) is 4.35. The summed E-state index contributed by atoms with van der Waals surface area (Å²) in [6, 6.07) is 3.56. The van der Waals surface area contributed by atoms with E-state index in [-0.39, 0.29) is 6.54 Å². The molecule has 1 aliphatic rings. The maximum absolute atomic E-state index is 13.4. The Kier molecular flexibility index (Phi) is 2.39. The minimum absolute atomic E-state index is 0.284. The Hall–Kier alpha value is -1.78. The van der Waals surface area contributed by atoms with Crippen LogP contribution in [0.25, 0.3) is 0 Å². The van der Waals surface area contributed by atoms with Gasteiger partial charge in [-0.25, -0.2) is 13.5 Å². The molecule has 88 valence electrons. The highest BCUT2D eigenvalue weighted by Gasteiger charge is 2.26. The van der Waals surface area contributed by atoms with Crippen LogP contribution in [0.3, 0.4) is 0 Å². The standard InChI is InChI=1S/C12H11F2N3/c13-10-4-3-9(11(14)5-10)6-17-7-12(15-16-17)8-1-2-8/h3-5,7-8H,1-2,6H2. The number of halogens is 2. The Morgan fingerprint density at radius 3 is 2.82 bits per heavy atom. The quantitative estimate of drug-likeness (QED) is 0.818. The Bertz CT molecular complexity index is 546.